The lowest BCUT2D eigenvalue weighted by Crippen LogP contribution is -2.32. The maximum absolute atomic E-state index is 10.1. The summed E-state index contributed by atoms with van der Waals surface area (Å²) in [6.45, 7) is 1.35. The zero-order valence-electron chi connectivity index (χ0n) is 21.9. The first kappa shape index (κ1) is 36.4. The third kappa shape index (κ3) is 19.2. The quantitative estimate of drug-likeness (QED) is 0.163. The minimum atomic E-state index is -0.728. The first-order chi connectivity index (χ1) is 18.6. The number of aliphatic carboxylic acids is 3. The molecule has 0 saturated carbocycles. The summed E-state index contributed by atoms with van der Waals surface area (Å²) in [5.41, 5.74) is -0.667. The lowest BCUT2D eigenvalue weighted by Gasteiger charge is -2.24. The molecule has 0 saturated heterocycles. The molecular weight excluding hydrogens is 564 g/mol. The molecule has 0 bridgehead atoms. The number of carboxylic acid groups (broad SMARTS) is 3. The second-order valence-corrected chi connectivity index (χ2v) is 11.3. The summed E-state index contributed by atoms with van der Waals surface area (Å²) in [4.78, 5) is 33.7. The number of hydrogen-bond acceptors (Lipinski definition) is 9. The summed E-state index contributed by atoms with van der Waals surface area (Å²) in [7, 11) is 0. The molecule has 0 aliphatic carbocycles. The van der Waals surface area contributed by atoms with Gasteiger partial charge < -0.3 is 30.6 Å². The van der Waals surface area contributed by atoms with Crippen LogP contribution >= 0.6 is 34.0 Å². The van der Waals surface area contributed by atoms with Crippen LogP contribution in [0.4, 0.5) is 0 Å². The van der Waals surface area contributed by atoms with Gasteiger partial charge in [0, 0.05) is 20.0 Å². The average molecular weight is 603 g/mol. The fourth-order valence-corrected chi connectivity index (χ4v) is 4.67. The second-order valence-electron chi connectivity index (χ2n) is 8.25. The van der Waals surface area contributed by atoms with Crippen LogP contribution in [0.1, 0.15) is 47.2 Å². The molecule has 0 atom stereocenters. The van der Waals surface area contributed by atoms with Crippen molar-refractivity contribution in [2.75, 3.05) is 19.8 Å². The van der Waals surface area contributed by atoms with Gasteiger partial charge in [-0.25, -0.2) is 0 Å². The predicted molar refractivity (Wildman–Crippen MR) is 155 cm³/mol. The van der Waals surface area contributed by atoms with E-state index in [1.165, 1.54) is 0 Å². The van der Waals surface area contributed by atoms with Crippen molar-refractivity contribution in [2.45, 2.75) is 51.9 Å². The van der Waals surface area contributed by atoms with E-state index < -0.39 is 23.3 Å². The van der Waals surface area contributed by atoms with Gasteiger partial charge in [-0.1, -0.05) is 25.1 Å². The molecular formula is C27H38O9S3. The van der Waals surface area contributed by atoms with Crippen LogP contribution in [0.5, 0.6) is 0 Å². The summed E-state index contributed by atoms with van der Waals surface area (Å²) in [6.07, 6.45) is 3.28. The molecule has 0 aliphatic heterocycles. The second kappa shape index (κ2) is 22.2. The molecule has 0 radical (unpaired) electrons. The number of aryl methyl sites for hydroxylation is 3. The lowest BCUT2D eigenvalue weighted by molar-refractivity contribution is -0.137. The molecule has 0 spiro atoms. The maximum Gasteiger partial charge on any atom is 0.303 e. The number of rotatable bonds is 13. The summed E-state index contributed by atoms with van der Waals surface area (Å²) in [5, 5.41) is 56.8. The Hall–Kier alpha value is -2.61. The molecule has 0 aromatic carbocycles. The normalized spacial score (nSPS) is 10.2. The van der Waals surface area contributed by atoms with Crippen molar-refractivity contribution < 1.29 is 45.0 Å². The first-order valence-corrected chi connectivity index (χ1v) is 14.8. The number of thiophene rings is 3. The van der Waals surface area contributed by atoms with E-state index in [1.807, 2.05) is 59.5 Å². The Morgan fingerprint density at radius 3 is 1.03 bits per heavy atom. The van der Waals surface area contributed by atoms with E-state index in [0.717, 1.165) is 14.6 Å². The topological polar surface area (TPSA) is 173 Å². The summed E-state index contributed by atoms with van der Waals surface area (Å²) >= 11 is 4.80. The van der Waals surface area contributed by atoms with Gasteiger partial charge in [-0.2, -0.15) is 0 Å². The van der Waals surface area contributed by atoms with Gasteiger partial charge in [-0.05, 0) is 60.0 Å². The SMILES string of the molecule is CCC(CO)(CO)CO.O=C(O)CCc1cccs1.O=C(O)CCc1cccs1.O=C(O)CCc1cccs1. The van der Waals surface area contributed by atoms with Gasteiger partial charge in [0.1, 0.15) is 0 Å². The molecule has 0 amide bonds. The fourth-order valence-electron chi connectivity index (χ4n) is 2.54. The van der Waals surface area contributed by atoms with Crippen molar-refractivity contribution in [3.8, 4) is 0 Å². The number of carboxylic acids is 3. The zero-order valence-corrected chi connectivity index (χ0v) is 24.3. The standard InChI is InChI=1S/3C7H8O2S.C6H14O3/c3*8-7(9)4-3-6-2-1-5-10-6;1-2-6(3-7,4-8)5-9/h3*1-2,5H,3-4H2,(H,8,9);7-9H,2-5H2,1H3. The molecule has 0 fully saturated rings. The van der Waals surface area contributed by atoms with Crippen molar-refractivity contribution in [2.24, 2.45) is 5.41 Å². The number of hydrogen-bond donors (Lipinski definition) is 6. The van der Waals surface area contributed by atoms with Crippen molar-refractivity contribution in [3.63, 3.8) is 0 Å². The lowest BCUT2D eigenvalue weighted by atomic mass is 9.88. The van der Waals surface area contributed by atoms with E-state index >= 15 is 0 Å². The van der Waals surface area contributed by atoms with Gasteiger partial charge >= 0.3 is 17.9 Å². The molecule has 3 aromatic rings. The molecule has 3 rings (SSSR count). The predicted octanol–water partition coefficient (Wildman–Crippen LogP) is 4.66. The summed E-state index contributed by atoms with van der Waals surface area (Å²) in [6, 6.07) is 11.7. The highest BCUT2D eigenvalue weighted by atomic mass is 32.1. The van der Waals surface area contributed by atoms with E-state index in [4.69, 9.17) is 30.6 Å². The van der Waals surface area contributed by atoms with Crippen LogP contribution in [-0.4, -0.2) is 68.4 Å². The zero-order chi connectivity index (χ0) is 29.5. The molecule has 218 valence electrons. The van der Waals surface area contributed by atoms with Crippen LogP contribution < -0.4 is 0 Å². The van der Waals surface area contributed by atoms with Crippen LogP contribution in [0.3, 0.4) is 0 Å². The molecule has 9 nitrogen and oxygen atoms in total. The highest BCUT2D eigenvalue weighted by molar-refractivity contribution is 7.10. The van der Waals surface area contributed by atoms with Crippen LogP contribution in [0, 0.1) is 5.41 Å². The van der Waals surface area contributed by atoms with Crippen molar-refractivity contribution in [1.29, 1.82) is 0 Å². The minimum Gasteiger partial charge on any atom is -0.481 e. The van der Waals surface area contributed by atoms with E-state index in [-0.39, 0.29) is 39.1 Å². The monoisotopic (exact) mass is 602 g/mol. The molecule has 0 unspecified atom stereocenters. The van der Waals surface area contributed by atoms with Gasteiger partial charge in [0.15, 0.2) is 0 Å². The maximum atomic E-state index is 10.1. The molecule has 3 aromatic heterocycles. The van der Waals surface area contributed by atoms with Crippen molar-refractivity contribution >= 4 is 51.9 Å². The largest absolute Gasteiger partial charge is 0.481 e. The highest BCUT2D eigenvalue weighted by Gasteiger charge is 2.24. The first-order valence-electron chi connectivity index (χ1n) is 12.2. The Balaban J connectivity index is 0.000000494. The number of carbonyl (C=O) groups is 3. The van der Waals surface area contributed by atoms with E-state index in [2.05, 4.69) is 0 Å². The molecule has 39 heavy (non-hydrogen) atoms. The molecule has 3 heterocycles. The minimum absolute atomic E-state index is 0.156. The molecule has 0 aliphatic rings. The van der Waals surface area contributed by atoms with E-state index in [1.54, 1.807) is 34.0 Å². The van der Waals surface area contributed by atoms with E-state index in [0.29, 0.717) is 25.7 Å². The Bertz CT molecular complexity index is 865. The van der Waals surface area contributed by atoms with Crippen LogP contribution in [0.2, 0.25) is 0 Å². The third-order valence-corrected chi connectivity index (χ3v) is 8.06. The Morgan fingerprint density at radius 1 is 0.615 bits per heavy atom. The smallest absolute Gasteiger partial charge is 0.303 e. The summed E-state index contributed by atoms with van der Waals surface area (Å²) in [5.74, 6) is -2.18. The Morgan fingerprint density at radius 2 is 0.897 bits per heavy atom. The fraction of sp³-hybridized carbons (Fsp3) is 0.444. The third-order valence-electron chi connectivity index (χ3n) is 5.25. The van der Waals surface area contributed by atoms with Gasteiger partial charge in [-0.3, -0.25) is 14.4 Å². The molecule has 6 N–H and O–H groups in total. The van der Waals surface area contributed by atoms with Crippen LogP contribution in [0.15, 0.2) is 52.5 Å². The van der Waals surface area contributed by atoms with Gasteiger partial charge in [-0.15, -0.1) is 34.0 Å². The Kier molecular flexibility index (Phi) is 20.7. The molecule has 12 heteroatoms. The van der Waals surface area contributed by atoms with Crippen LogP contribution in [-0.2, 0) is 33.6 Å². The van der Waals surface area contributed by atoms with Crippen molar-refractivity contribution in [1.82, 2.24) is 0 Å². The average Bonchev–Trinajstić information content (AvgIpc) is 3.72. The van der Waals surface area contributed by atoms with Gasteiger partial charge in [0.05, 0.1) is 39.1 Å². The Labute approximate surface area is 240 Å². The van der Waals surface area contributed by atoms with Crippen molar-refractivity contribution in [3.05, 3.63) is 67.2 Å². The number of aliphatic hydroxyl groups excluding tert-OH is 3. The van der Waals surface area contributed by atoms with Gasteiger partial charge in [0.2, 0.25) is 0 Å². The van der Waals surface area contributed by atoms with Crippen LogP contribution in [0.25, 0.3) is 0 Å². The number of aliphatic hydroxyl groups is 3. The highest BCUT2D eigenvalue weighted by Crippen LogP contribution is 2.18. The summed E-state index contributed by atoms with van der Waals surface area (Å²) < 4.78 is 0. The van der Waals surface area contributed by atoms with E-state index in [9.17, 15) is 14.4 Å². The van der Waals surface area contributed by atoms with Gasteiger partial charge in [0.25, 0.3) is 0 Å².